The summed E-state index contributed by atoms with van der Waals surface area (Å²) >= 11 is 5.88. The Morgan fingerprint density at radius 2 is 1.79 bits per heavy atom. The number of amides is 1. The van der Waals surface area contributed by atoms with Crippen LogP contribution in [0.1, 0.15) is 16.7 Å². The van der Waals surface area contributed by atoms with Gasteiger partial charge in [0.15, 0.2) is 0 Å². The van der Waals surface area contributed by atoms with Gasteiger partial charge in [-0.2, -0.15) is 9.41 Å². The lowest BCUT2D eigenvalue weighted by atomic mass is 10.1. The number of sulfonamides is 1. The number of carbonyl (C=O) groups is 1. The van der Waals surface area contributed by atoms with Gasteiger partial charge in [0.05, 0.1) is 22.6 Å². The molecule has 0 fully saturated rings. The lowest BCUT2D eigenvalue weighted by molar-refractivity contribution is -0.384. The van der Waals surface area contributed by atoms with Crippen LogP contribution in [0.2, 0.25) is 5.02 Å². The van der Waals surface area contributed by atoms with Crippen LogP contribution in [0, 0.1) is 17.0 Å². The molecular weight excluding hydrogens is 480 g/mol. The maximum Gasteiger partial charge on any atom is 0.270 e. The molecule has 1 N–H and O–H groups in total. The molecule has 3 aromatic rings. The summed E-state index contributed by atoms with van der Waals surface area (Å²) in [6.07, 6.45) is 1.24. The maximum atomic E-state index is 13.2. The van der Waals surface area contributed by atoms with E-state index in [4.69, 9.17) is 11.6 Å². The first-order valence-electron chi connectivity index (χ1n) is 10.0. The molecule has 1 amide bonds. The Hall–Kier alpha value is -3.60. The van der Waals surface area contributed by atoms with Gasteiger partial charge in [0.1, 0.15) is 0 Å². The molecule has 0 aliphatic rings. The number of hydrogen-bond acceptors (Lipinski definition) is 6. The van der Waals surface area contributed by atoms with Crippen molar-refractivity contribution in [3.05, 3.63) is 105 Å². The molecule has 0 heterocycles. The second-order valence-electron chi connectivity index (χ2n) is 7.36. The monoisotopic (exact) mass is 500 g/mol. The number of rotatable bonds is 9. The zero-order valence-electron chi connectivity index (χ0n) is 18.1. The first-order chi connectivity index (χ1) is 16.1. The zero-order chi connectivity index (χ0) is 24.7. The van der Waals surface area contributed by atoms with Crippen LogP contribution >= 0.6 is 11.6 Å². The number of nitrogens with one attached hydrogen (secondary N) is 1. The van der Waals surface area contributed by atoms with Crippen LogP contribution in [0.25, 0.3) is 0 Å². The predicted molar refractivity (Wildman–Crippen MR) is 129 cm³/mol. The van der Waals surface area contributed by atoms with E-state index in [2.05, 4.69) is 10.5 Å². The summed E-state index contributed by atoms with van der Waals surface area (Å²) in [4.78, 5) is 22.9. The molecule has 0 atom stereocenters. The number of non-ortho nitro benzene ring substituents is 1. The van der Waals surface area contributed by atoms with Crippen molar-refractivity contribution in [2.75, 3.05) is 6.54 Å². The van der Waals surface area contributed by atoms with Crippen LogP contribution < -0.4 is 5.43 Å². The number of hydrogen-bond donors (Lipinski definition) is 1. The number of nitrogens with zero attached hydrogens (tertiary/aromatic N) is 3. The minimum atomic E-state index is -4.03. The van der Waals surface area contributed by atoms with Crippen LogP contribution in [0.4, 0.5) is 5.69 Å². The molecule has 11 heteroatoms. The van der Waals surface area contributed by atoms with E-state index in [0.717, 1.165) is 9.87 Å². The number of nitro benzene ring substituents is 1. The van der Waals surface area contributed by atoms with E-state index >= 15 is 0 Å². The number of nitro groups is 1. The molecule has 176 valence electrons. The van der Waals surface area contributed by atoms with Crippen molar-refractivity contribution < 1.29 is 18.1 Å². The summed E-state index contributed by atoms with van der Waals surface area (Å²) in [5, 5.41) is 15.1. The third-order valence-corrected chi connectivity index (χ3v) is 6.79. The van der Waals surface area contributed by atoms with E-state index in [1.165, 1.54) is 48.7 Å². The molecule has 0 spiro atoms. The van der Waals surface area contributed by atoms with Crippen molar-refractivity contribution >= 4 is 39.4 Å². The fourth-order valence-electron chi connectivity index (χ4n) is 2.97. The van der Waals surface area contributed by atoms with Crippen LogP contribution in [-0.4, -0.2) is 36.3 Å². The van der Waals surface area contributed by atoms with Gasteiger partial charge in [0.25, 0.3) is 11.6 Å². The van der Waals surface area contributed by atoms with E-state index < -0.39 is 27.4 Å². The molecule has 0 aromatic heterocycles. The standard InChI is InChI=1S/C23H21ClN4O5S/c1-17-5-7-18(8-6-17)15-27(34(32,33)22-11-9-20(24)10-12-22)16-23(29)26-25-14-19-3-2-4-21(13-19)28(30)31/h2-14H,15-16H2,1H3,(H,26,29)/b25-14-. The summed E-state index contributed by atoms with van der Waals surface area (Å²) in [5.74, 6) is -0.675. The third-order valence-electron chi connectivity index (χ3n) is 4.73. The van der Waals surface area contributed by atoms with Crippen LogP contribution in [-0.2, 0) is 21.4 Å². The minimum Gasteiger partial charge on any atom is -0.272 e. The normalized spacial score (nSPS) is 11.6. The summed E-state index contributed by atoms with van der Waals surface area (Å²) in [5.41, 5.74) is 4.28. The Labute approximate surface area is 201 Å². The SMILES string of the molecule is Cc1ccc(CN(CC(=O)N/N=C\c2cccc([N+](=O)[O-])c2)S(=O)(=O)c2ccc(Cl)cc2)cc1. The average molecular weight is 501 g/mol. The quantitative estimate of drug-likeness (QED) is 0.271. The van der Waals surface area contributed by atoms with Crippen LogP contribution in [0.3, 0.4) is 0 Å². The number of hydrazone groups is 1. The van der Waals surface area contributed by atoms with E-state index in [1.807, 2.05) is 19.1 Å². The zero-order valence-corrected chi connectivity index (χ0v) is 19.7. The van der Waals surface area contributed by atoms with Crippen molar-refractivity contribution in [3.8, 4) is 0 Å². The lowest BCUT2D eigenvalue weighted by Crippen LogP contribution is -2.39. The summed E-state index contributed by atoms with van der Waals surface area (Å²) < 4.78 is 27.5. The second kappa shape index (κ2) is 11.0. The number of benzene rings is 3. The molecule has 0 bridgehead atoms. The number of halogens is 1. The first kappa shape index (κ1) is 25.0. The highest BCUT2D eigenvalue weighted by Crippen LogP contribution is 2.21. The molecule has 3 rings (SSSR count). The van der Waals surface area contributed by atoms with Crippen LogP contribution in [0.5, 0.6) is 0 Å². The number of carbonyl (C=O) groups excluding carboxylic acids is 1. The van der Waals surface area contributed by atoms with E-state index in [0.29, 0.717) is 16.1 Å². The molecule has 0 saturated heterocycles. The van der Waals surface area contributed by atoms with Crippen molar-refractivity contribution in [1.82, 2.24) is 9.73 Å². The van der Waals surface area contributed by atoms with E-state index in [-0.39, 0.29) is 17.1 Å². The Morgan fingerprint density at radius 1 is 1.12 bits per heavy atom. The van der Waals surface area contributed by atoms with Crippen LogP contribution in [0.15, 0.2) is 82.8 Å². The lowest BCUT2D eigenvalue weighted by Gasteiger charge is -2.21. The molecule has 9 nitrogen and oxygen atoms in total. The van der Waals surface area contributed by atoms with Gasteiger partial charge in [-0.3, -0.25) is 14.9 Å². The van der Waals surface area contributed by atoms with Gasteiger partial charge in [0.2, 0.25) is 10.0 Å². The van der Waals surface area contributed by atoms with Crippen molar-refractivity contribution in [1.29, 1.82) is 0 Å². The first-order valence-corrected chi connectivity index (χ1v) is 11.8. The molecular formula is C23H21ClN4O5S. The molecule has 3 aromatic carbocycles. The fraction of sp³-hybridized carbons (Fsp3) is 0.130. The van der Waals surface area contributed by atoms with E-state index in [9.17, 15) is 23.3 Å². The summed E-state index contributed by atoms with van der Waals surface area (Å²) in [6, 6.07) is 18.7. The van der Waals surface area contributed by atoms with Gasteiger partial charge < -0.3 is 0 Å². The highest BCUT2D eigenvalue weighted by molar-refractivity contribution is 7.89. The highest BCUT2D eigenvalue weighted by atomic mass is 35.5. The van der Waals surface area contributed by atoms with Gasteiger partial charge in [-0.05, 0) is 36.8 Å². The topological polar surface area (TPSA) is 122 Å². The van der Waals surface area contributed by atoms with Gasteiger partial charge in [0, 0.05) is 29.3 Å². The van der Waals surface area contributed by atoms with Crippen molar-refractivity contribution in [2.45, 2.75) is 18.4 Å². The Balaban J connectivity index is 1.78. The third kappa shape index (κ3) is 6.70. The van der Waals surface area contributed by atoms with Gasteiger partial charge in [-0.15, -0.1) is 0 Å². The molecule has 0 aliphatic heterocycles. The average Bonchev–Trinajstić information content (AvgIpc) is 2.80. The Kier molecular flexibility index (Phi) is 8.11. The van der Waals surface area contributed by atoms with Crippen molar-refractivity contribution in [3.63, 3.8) is 0 Å². The predicted octanol–water partition coefficient (Wildman–Crippen LogP) is 3.90. The molecule has 0 aliphatic carbocycles. The molecule has 34 heavy (non-hydrogen) atoms. The molecule has 0 saturated carbocycles. The second-order valence-corrected chi connectivity index (χ2v) is 9.73. The fourth-order valence-corrected chi connectivity index (χ4v) is 4.48. The summed E-state index contributed by atoms with van der Waals surface area (Å²) in [6.45, 7) is 1.39. The van der Waals surface area contributed by atoms with Gasteiger partial charge >= 0.3 is 0 Å². The molecule has 0 radical (unpaired) electrons. The van der Waals surface area contributed by atoms with E-state index in [1.54, 1.807) is 18.2 Å². The minimum absolute atomic E-state index is 0.00286. The highest BCUT2D eigenvalue weighted by Gasteiger charge is 2.27. The summed E-state index contributed by atoms with van der Waals surface area (Å²) in [7, 11) is -4.03. The van der Waals surface area contributed by atoms with Gasteiger partial charge in [-0.25, -0.2) is 13.8 Å². The van der Waals surface area contributed by atoms with Crippen molar-refractivity contribution in [2.24, 2.45) is 5.10 Å². The smallest absolute Gasteiger partial charge is 0.270 e. The van der Waals surface area contributed by atoms with Gasteiger partial charge in [-0.1, -0.05) is 53.6 Å². The maximum absolute atomic E-state index is 13.2. The Bertz CT molecular complexity index is 1310. The largest absolute Gasteiger partial charge is 0.272 e. The number of aryl methyl sites for hydroxylation is 1. The Morgan fingerprint density at radius 3 is 2.44 bits per heavy atom. The molecule has 0 unspecified atom stereocenters.